The van der Waals surface area contributed by atoms with Crippen LogP contribution in [-0.2, 0) is 4.79 Å². The summed E-state index contributed by atoms with van der Waals surface area (Å²) >= 11 is 0. The number of carbonyl (C=O) groups is 1. The van der Waals surface area contributed by atoms with Crippen LogP contribution in [0.25, 0.3) is 0 Å². The third kappa shape index (κ3) is 4.51. The molecule has 0 bridgehead atoms. The normalized spacial score (nSPS) is 18.6. The van der Waals surface area contributed by atoms with Crippen molar-refractivity contribution in [3.63, 3.8) is 0 Å². The number of aromatic nitrogens is 3. The summed E-state index contributed by atoms with van der Waals surface area (Å²) in [6, 6.07) is 0.166. The Kier molecular flexibility index (Phi) is 5.90. The molecule has 1 amide bonds. The second-order valence-electron chi connectivity index (χ2n) is 6.37. The SMILES string of the molecule is CC(C)n1cnnc1[C@@H](C)NC(=O)CCN1CCN(C)CC1. The summed E-state index contributed by atoms with van der Waals surface area (Å²) in [5.41, 5.74) is 0. The minimum atomic E-state index is -0.120. The van der Waals surface area contributed by atoms with Gasteiger partial charge in [0, 0.05) is 45.2 Å². The van der Waals surface area contributed by atoms with Gasteiger partial charge in [0.25, 0.3) is 0 Å². The minimum absolute atomic E-state index is 0.0738. The van der Waals surface area contributed by atoms with Crippen LogP contribution in [0, 0.1) is 0 Å². The van der Waals surface area contributed by atoms with Gasteiger partial charge in [-0.1, -0.05) is 0 Å². The van der Waals surface area contributed by atoms with Crippen LogP contribution >= 0.6 is 0 Å². The van der Waals surface area contributed by atoms with Gasteiger partial charge in [-0.25, -0.2) is 0 Å². The standard InChI is InChI=1S/C15H28N6O/c1-12(2)21-11-16-18-15(21)13(3)17-14(22)5-6-20-9-7-19(4)8-10-20/h11-13H,5-10H2,1-4H3,(H,17,22)/t13-/m1/s1. The zero-order valence-electron chi connectivity index (χ0n) is 14.1. The van der Waals surface area contributed by atoms with Crippen LogP contribution in [0.5, 0.6) is 0 Å². The van der Waals surface area contributed by atoms with Crippen molar-refractivity contribution in [2.24, 2.45) is 0 Å². The van der Waals surface area contributed by atoms with Crippen molar-refractivity contribution in [1.82, 2.24) is 29.9 Å². The van der Waals surface area contributed by atoms with Crippen LogP contribution in [0.1, 0.15) is 45.1 Å². The number of hydrogen-bond acceptors (Lipinski definition) is 5. The number of rotatable bonds is 6. The van der Waals surface area contributed by atoms with Gasteiger partial charge in [0.1, 0.15) is 6.33 Å². The molecule has 1 aliphatic rings. The van der Waals surface area contributed by atoms with E-state index >= 15 is 0 Å². The zero-order chi connectivity index (χ0) is 16.1. The Morgan fingerprint density at radius 3 is 2.59 bits per heavy atom. The first kappa shape index (κ1) is 16.9. The molecule has 2 heterocycles. The summed E-state index contributed by atoms with van der Waals surface area (Å²) in [4.78, 5) is 16.8. The molecule has 1 N–H and O–H groups in total. The van der Waals surface area contributed by atoms with Gasteiger partial charge in [-0.3, -0.25) is 4.79 Å². The highest BCUT2D eigenvalue weighted by atomic mass is 16.1. The van der Waals surface area contributed by atoms with E-state index in [9.17, 15) is 4.79 Å². The van der Waals surface area contributed by atoms with E-state index in [1.54, 1.807) is 6.33 Å². The number of hydrogen-bond donors (Lipinski definition) is 1. The molecule has 22 heavy (non-hydrogen) atoms. The predicted octanol–water partition coefficient (Wildman–Crippen LogP) is 0.674. The van der Waals surface area contributed by atoms with Crippen molar-refractivity contribution in [1.29, 1.82) is 0 Å². The number of nitrogens with one attached hydrogen (secondary N) is 1. The molecule has 2 rings (SSSR count). The van der Waals surface area contributed by atoms with E-state index in [1.165, 1.54) is 0 Å². The van der Waals surface area contributed by atoms with Gasteiger partial charge in [-0.15, -0.1) is 10.2 Å². The lowest BCUT2D eigenvalue weighted by molar-refractivity contribution is -0.122. The molecular formula is C15H28N6O. The van der Waals surface area contributed by atoms with Gasteiger partial charge in [-0.05, 0) is 27.8 Å². The Balaban J connectivity index is 1.78. The summed E-state index contributed by atoms with van der Waals surface area (Å²) in [5, 5.41) is 11.1. The van der Waals surface area contributed by atoms with Gasteiger partial charge in [-0.2, -0.15) is 0 Å². The van der Waals surface area contributed by atoms with Gasteiger partial charge in [0.05, 0.1) is 6.04 Å². The van der Waals surface area contributed by atoms with Crippen molar-refractivity contribution < 1.29 is 4.79 Å². The molecule has 7 heteroatoms. The Hall–Kier alpha value is -1.47. The van der Waals surface area contributed by atoms with E-state index in [1.807, 2.05) is 11.5 Å². The van der Waals surface area contributed by atoms with Crippen LogP contribution in [0.15, 0.2) is 6.33 Å². The molecule has 1 atom stereocenters. The number of likely N-dealkylation sites (N-methyl/N-ethyl adjacent to an activating group) is 1. The fourth-order valence-corrected chi connectivity index (χ4v) is 2.67. The number of nitrogens with zero attached hydrogens (tertiary/aromatic N) is 5. The topological polar surface area (TPSA) is 66.3 Å². The summed E-state index contributed by atoms with van der Waals surface area (Å²) in [6.45, 7) is 11.2. The number of piperazine rings is 1. The highest BCUT2D eigenvalue weighted by Gasteiger charge is 2.18. The first-order valence-corrected chi connectivity index (χ1v) is 8.07. The molecule has 124 valence electrons. The lowest BCUT2D eigenvalue weighted by Crippen LogP contribution is -2.45. The third-order valence-electron chi connectivity index (χ3n) is 4.17. The molecule has 0 spiro atoms. The minimum Gasteiger partial charge on any atom is -0.346 e. The van der Waals surface area contributed by atoms with Crippen molar-refractivity contribution in [3.8, 4) is 0 Å². The predicted molar refractivity (Wildman–Crippen MR) is 85.5 cm³/mol. The van der Waals surface area contributed by atoms with Crippen LogP contribution in [0.3, 0.4) is 0 Å². The molecule has 1 aromatic rings. The summed E-state index contributed by atoms with van der Waals surface area (Å²) < 4.78 is 1.99. The molecule has 1 aliphatic heterocycles. The highest BCUT2D eigenvalue weighted by molar-refractivity contribution is 5.76. The monoisotopic (exact) mass is 308 g/mol. The molecule has 1 aromatic heterocycles. The van der Waals surface area contributed by atoms with Crippen LogP contribution in [-0.4, -0.2) is 70.2 Å². The Morgan fingerprint density at radius 2 is 1.95 bits per heavy atom. The van der Waals surface area contributed by atoms with Crippen LogP contribution in [0.4, 0.5) is 0 Å². The van der Waals surface area contributed by atoms with Gasteiger partial charge >= 0.3 is 0 Å². The first-order valence-electron chi connectivity index (χ1n) is 8.07. The number of carbonyl (C=O) groups excluding carboxylic acids is 1. The summed E-state index contributed by atoms with van der Waals surface area (Å²) in [6.07, 6.45) is 2.25. The molecule has 1 fully saturated rings. The van der Waals surface area contributed by atoms with Gasteiger partial charge in [0.2, 0.25) is 5.91 Å². The fourth-order valence-electron chi connectivity index (χ4n) is 2.67. The van der Waals surface area contributed by atoms with E-state index in [4.69, 9.17) is 0 Å². The maximum Gasteiger partial charge on any atom is 0.221 e. The molecule has 0 unspecified atom stereocenters. The second-order valence-corrected chi connectivity index (χ2v) is 6.37. The van der Waals surface area contributed by atoms with E-state index in [0.29, 0.717) is 6.42 Å². The van der Waals surface area contributed by atoms with E-state index in [2.05, 4.69) is 46.2 Å². The molecule has 0 aromatic carbocycles. The molecule has 0 aliphatic carbocycles. The van der Waals surface area contributed by atoms with Crippen LogP contribution in [0.2, 0.25) is 0 Å². The molecule has 0 radical (unpaired) electrons. The fraction of sp³-hybridized carbons (Fsp3) is 0.800. The van der Waals surface area contributed by atoms with E-state index in [0.717, 1.165) is 38.5 Å². The van der Waals surface area contributed by atoms with Crippen molar-refractivity contribution in [2.45, 2.75) is 39.3 Å². The van der Waals surface area contributed by atoms with Gasteiger partial charge in [0.15, 0.2) is 5.82 Å². The number of amides is 1. The summed E-state index contributed by atoms with van der Waals surface area (Å²) in [5.74, 6) is 0.882. The third-order valence-corrected chi connectivity index (χ3v) is 4.17. The quantitative estimate of drug-likeness (QED) is 0.837. The first-order chi connectivity index (χ1) is 10.5. The molecule has 1 saturated heterocycles. The van der Waals surface area contributed by atoms with E-state index in [-0.39, 0.29) is 18.0 Å². The Bertz CT molecular complexity index is 478. The maximum atomic E-state index is 12.1. The largest absolute Gasteiger partial charge is 0.346 e. The average Bonchev–Trinajstić information content (AvgIpc) is 2.96. The van der Waals surface area contributed by atoms with Crippen LogP contribution < -0.4 is 5.32 Å². The smallest absolute Gasteiger partial charge is 0.221 e. The molecular weight excluding hydrogens is 280 g/mol. The Labute approximate surface area is 132 Å². The van der Waals surface area contributed by atoms with Crippen molar-refractivity contribution >= 4 is 5.91 Å². The average molecular weight is 308 g/mol. The maximum absolute atomic E-state index is 12.1. The van der Waals surface area contributed by atoms with Crippen molar-refractivity contribution in [3.05, 3.63) is 12.2 Å². The second kappa shape index (κ2) is 7.69. The zero-order valence-corrected chi connectivity index (χ0v) is 14.1. The van der Waals surface area contributed by atoms with Gasteiger partial charge < -0.3 is 19.7 Å². The lowest BCUT2D eigenvalue weighted by atomic mass is 10.2. The lowest BCUT2D eigenvalue weighted by Gasteiger charge is -2.32. The molecule has 7 nitrogen and oxygen atoms in total. The summed E-state index contributed by atoms with van der Waals surface area (Å²) in [7, 11) is 2.14. The van der Waals surface area contributed by atoms with E-state index < -0.39 is 0 Å². The highest BCUT2D eigenvalue weighted by Crippen LogP contribution is 2.14. The Morgan fingerprint density at radius 1 is 1.27 bits per heavy atom. The molecule has 0 saturated carbocycles. The van der Waals surface area contributed by atoms with Crippen molar-refractivity contribution in [2.75, 3.05) is 39.8 Å².